The van der Waals surface area contributed by atoms with Crippen LogP contribution in [0.5, 0.6) is 0 Å². The Balaban J connectivity index is 2.67. The number of halogens is 2. The lowest BCUT2D eigenvalue weighted by molar-refractivity contribution is 0.182. The molecule has 1 aromatic rings. The Morgan fingerprint density at radius 1 is 1.41 bits per heavy atom. The molecule has 3 N–H and O–H groups in total. The molecular weight excluding hydrogens is 259 g/mol. The van der Waals surface area contributed by atoms with Crippen molar-refractivity contribution in [1.29, 1.82) is 0 Å². The van der Waals surface area contributed by atoms with Gasteiger partial charge in [0.25, 0.3) is 0 Å². The van der Waals surface area contributed by atoms with Crippen molar-refractivity contribution in [2.24, 2.45) is 5.73 Å². The highest BCUT2D eigenvalue weighted by Gasteiger charge is 2.11. The maximum absolute atomic E-state index is 6.11. The van der Waals surface area contributed by atoms with Gasteiger partial charge in [-0.25, -0.2) is 0 Å². The summed E-state index contributed by atoms with van der Waals surface area (Å²) in [7, 11) is 1.68. The van der Waals surface area contributed by atoms with Crippen molar-refractivity contribution >= 4 is 28.9 Å². The maximum Gasteiger partial charge on any atom is 0.0823 e. The van der Waals surface area contributed by atoms with Gasteiger partial charge in [-0.15, -0.1) is 0 Å². The first-order valence-corrected chi connectivity index (χ1v) is 6.34. The molecule has 96 valence electrons. The van der Waals surface area contributed by atoms with Crippen LogP contribution in [0.4, 0.5) is 5.69 Å². The molecule has 3 nitrogen and oxygen atoms in total. The predicted octanol–water partition coefficient (Wildman–Crippen LogP) is 3.16. The third kappa shape index (κ3) is 4.72. The molecule has 0 aliphatic rings. The monoisotopic (exact) mass is 276 g/mol. The number of methoxy groups -OCH3 is 1. The maximum atomic E-state index is 6.11. The van der Waals surface area contributed by atoms with Gasteiger partial charge in [0.15, 0.2) is 0 Å². The summed E-state index contributed by atoms with van der Waals surface area (Å²) in [4.78, 5) is 0. The molecule has 1 unspecified atom stereocenters. The van der Waals surface area contributed by atoms with Crippen LogP contribution in [0.2, 0.25) is 10.0 Å². The van der Waals surface area contributed by atoms with Crippen LogP contribution in [-0.2, 0) is 4.74 Å². The molecule has 0 saturated heterocycles. The molecule has 0 bridgehead atoms. The molecule has 0 saturated carbocycles. The number of hydrogen-bond donors (Lipinski definition) is 2. The highest BCUT2D eigenvalue weighted by atomic mass is 35.5. The minimum absolute atomic E-state index is 0.194. The number of rotatable bonds is 7. The van der Waals surface area contributed by atoms with Gasteiger partial charge in [0.05, 0.1) is 22.3 Å². The summed E-state index contributed by atoms with van der Waals surface area (Å²) >= 11 is 12.1. The zero-order chi connectivity index (χ0) is 12.7. The van der Waals surface area contributed by atoms with Crippen molar-refractivity contribution in [3.8, 4) is 0 Å². The molecule has 0 aromatic heterocycles. The van der Waals surface area contributed by atoms with Gasteiger partial charge in [-0.1, -0.05) is 29.3 Å². The standard InChI is InChI=1S/C12H18Cl2N2O/c1-17-8-9(4-3-7-15)16-11-6-2-5-10(13)12(11)14/h2,5-6,9,16H,3-4,7-8,15H2,1H3. The van der Waals surface area contributed by atoms with Crippen LogP contribution in [0, 0.1) is 0 Å². The molecular formula is C12H18Cl2N2O. The molecule has 0 fully saturated rings. The second-order valence-electron chi connectivity index (χ2n) is 3.83. The first-order chi connectivity index (χ1) is 8.19. The zero-order valence-corrected chi connectivity index (χ0v) is 11.4. The third-order valence-corrected chi connectivity index (χ3v) is 3.25. The van der Waals surface area contributed by atoms with Crippen molar-refractivity contribution in [3.63, 3.8) is 0 Å². The van der Waals surface area contributed by atoms with E-state index in [9.17, 15) is 0 Å². The largest absolute Gasteiger partial charge is 0.383 e. The number of nitrogens with two attached hydrogens (primary N) is 1. The lowest BCUT2D eigenvalue weighted by Gasteiger charge is -2.20. The number of nitrogens with one attached hydrogen (secondary N) is 1. The Hall–Kier alpha value is -0.480. The van der Waals surface area contributed by atoms with E-state index in [4.69, 9.17) is 33.7 Å². The lowest BCUT2D eigenvalue weighted by Crippen LogP contribution is -2.26. The Labute approximate surface area is 112 Å². The van der Waals surface area contributed by atoms with Crippen molar-refractivity contribution in [1.82, 2.24) is 0 Å². The first-order valence-electron chi connectivity index (χ1n) is 5.58. The van der Waals surface area contributed by atoms with Crippen molar-refractivity contribution in [3.05, 3.63) is 28.2 Å². The Morgan fingerprint density at radius 3 is 2.82 bits per heavy atom. The second-order valence-corrected chi connectivity index (χ2v) is 4.61. The van der Waals surface area contributed by atoms with Gasteiger partial charge >= 0.3 is 0 Å². The molecule has 1 aromatic carbocycles. The Bertz CT molecular complexity index is 347. The van der Waals surface area contributed by atoms with Crippen LogP contribution in [0.3, 0.4) is 0 Å². The SMILES string of the molecule is COCC(CCCN)Nc1cccc(Cl)c1Cl. The summed E-state index contributed by atoms with van der Waals surface area (Å²) in [5.74, 6) is 0. The number of ether oxygens (including phenoxy) is 1. The molecule has 0 amide bonds. The summed E-state index contributed by atoms with van der Waals surface area (Å²) < 4.78 is 5.16. The van der Waals surface area contributed by atoms with Gasteiger partial charge in [0, 0.05) is 13.2 Å². The summed E-state index contributed by atoms with van der Waals surface area (Å²) in [6, 6.07) is 5.72. The Kier molecular flexibility index (Phi) is 6.66. The third-order valence-electron chi connectivity index (χ3n) is 2.44. The van der Waals surface area contributed by atoms with Crippen molar-refractivity contribution < 1.29 is 4.74 Å². The summed E-state index contributed by atoms with van der Waals surface area (Å²) in [5.41, 5.74) is 6.34. The molecule has 17 heavy (non-hydrogen) atoms. The highest BCUT2D eigenvalue weighted by molar-refractivity contribution is 6.43. The number of hydrogen-bond acceptors (Lipinski definition) is 3. The van der Waals surface area contributed by atoms with E-state index in [0.717, 1.165) is 18.5 Å². The van der Waals surface area contributed by atoms with E-state index in [0.29, 0.717) is 23.2 Å². The van der Waals surface area contributed by atoms with E-state index in [1.54, 1.807) is 13.2 Å². The average Bonchev–Trinajstić information content (AvgIpc) is 2.32. The molecule has 0 heterocycles. The topological polar surface area (TPSA) is 47.3 Å². The van der Waals surface area contributed by atoms with Crippen LogP contribution in [0.25, 0.3) is 0 Å². The van der Waals surface area contributed by atoms with E-state index >= 15 is 0 Å². The molecule has 1 rings (SSSR count). The van der Waals surface area contributed by atoms with Crippen LogP contribution >= 0.6 is 23.2 Å². The molecule has 5 heteroatoms. The minimum Gasteiger partial charge on any atom is -0.383 e. The fourth-order valence-electron chi connectivity index (χ4n) is 1.60. The number of benzene rings is 1. The van der Waals surface area contributed by atoms with Gasteiger partial charge in [-0.2, -0.15) is 0 Å². The van der Waals surface area contributed by atoms with E-state index in [1.165, 1.54) is 0 Å². The highest BCUT2D eigenvalue weighted by Crippen LogP contribution is 2.30. The predicted molar refractivity (Wildman–Crippen MR) is 74.0 cm³/mol. The van der Waals surface area contributed by atoms with Crippen LogP contribution in [-0.4, -0.2) is 26.3 Å². The van der Waals surface area contributed by atoms with E-state index in [1.807, 2.05) is 12.1 Å². The molecule has 0 spiro atoms. The molecule has 0 radical (unpaired) electrons. The molecule has 0 aliphatic carbocycles. The van der Waals surface area contributed by atoms with Crippen LogP contribution in [0.15, 0.2) is 18.2 Å². The number of anilines is 1. The van der Waals surface area contributed by atoms with Gasteiger partial charge < -0.3 is 15.8 Å². The quantitative estimate of drug-likeness (QED) is 0.804. The lowest BCUT2D eigenvalue weighted by atomic mass is 10.1. The van der Waals surface area contributed by atoms with Crippen LogP contribution < -0.4 is 11.1 Å². The smallest absolute Gasteiger partial charge is 0.0823 e. The minimum atomic E-state index is 0.194. The van der Waals surface area contributed by atoms with Crippen LogP contribution in [0.1, 0.15) is 12.8 Å². The second kappa shape index (κ2) is 7.77. The zero-order valence-electron chi connectivity index (χ0n) is 9.88. The Morgan fingerprint density at radius 2 is 2.18 bits per heavy atom. The summed E-state index contributed by atoms with van der Waals surface area (Å²) in [5, 5.41) is 4.42. The molecule has 1 atom stereocenters. The summed E-state index contributed by atoms with van der Waals surface area (Å²) in [6.07, 6.45) is 1.88. The summed E-state index contributed by atoms with van der Waals surface area (Å²) in [6.45, 7) is 1.29. The molecule has 0 aliphatic heterocycles. The van der Waals surface area contributed by atoms with Gasteiger partial charge in [-0.3, -0.25) is 0 Å². The van der Waals surface area contributed by atoms with Gasteiger partial charge in [0.2, 0.25) is 0 Å². The van der Waals surface area contributed by atoms with E-state index in [-0.39, 0.29) is 6.04 Å². The normalized spacial score (nSPS) is 12.5. The van der Waals surface area contributed by atoms with E-state index in [2.05, 4.69) is 5.32 Å². The first kappa shape index (κ1) is 14.6. The van der Waals surface area contributed by atoms with Gasteiger partial charge in [0.1, 0.15) is 0 Å². The van der Waals surface area contributed by atoms with Crippen molar-refractivity contribution in [2.75, 3.05) is 25.6 Å². The fourth-order valence-corrected chi connectivity index (χ4v) is 1.95. The van der Waals surface area contributed by atoms with E-state index < -0.39 is 0 Å². The average molecular weight is 277 g/mol. The fraction of sp³-hybridized carbons (Fsp3) is 0.500. The van der Waals surface area contributed by atoms with Crippen molar-refractivity contribution in [2.45, 2.75) is 18.9 Å². The van der Waals surface area contributed by atoms with Gasteiger partial charge in [-0.05, 0) is 31.5 Å².